The average molecular weight is 260 g/mol. The highest BCUT2D eigenvalue weighted by Gasteiger charge is 2.12. The molecule has 100 valence electrons. The number of primary amides is 1. The number of furan rings is 1. The molecule has 1 aromatic carbocycles. The predicted octanol–water partition coefficient (Wildman–Crippen LogP) is 1.67. The second-order valence-electron chi connectivity index (χ2n) is 4.49. The zero-order valence-electron chi connectivity index (χ0n) is 10.7. The Labute approximate surface area is 110 Å². The number of carbonyl (C=O) groups is 2. The van der Waals surface area contributed by atoms with E-state index in [9.17, 15) is 9.59 Å². The Balaban J connectivity index is 2.00. The molecule has 0 aliphatic rings. The molecule has 1 heterocycles. The van der Waals surface area contributed by atoms with Crippen molar-refractivity contribution >= 4 is 22.8 Å². The van der Waals surface area contributed by atoms with E-state index in [2.05, 4.69) is 5.32 Å². The molecule has 1 aromatic heterocycles. The van der Waals surface area contributed by atoms with Crippen LogP contribution in [0.15, 0.2) is 34.9 Å². The van der Waals surface area contributed by atoms with Crippen LogP contribution >= 0.6 is 0 Å². The van der Waals surface area contributed by atoms with Crippen LogP contribution in [-0.4, -0.2) is 18.4 Å². The molecule has 5 heteroatoms. The Morgan fingerprint density at radius 2 is 2.16 bits per heavy atom. The molecule has 0 radical (unpaired) electrons. The molecule has 5 nitrogen and oxygen atoms in total. The van der Waals surface area contributed by atoms with Gasteiger partial charge in [0.15, 0.2) is 0 Å². The highest BCUT2D eigenvalue weighted by Crippen LogP contribution is 2.19. The minimum Gasteiger partial charge on any atom is -0.464 e. The Morgan fingerprint density at radius 3 is 2.89 bits per heavy atom. The zero-order chi connectivity index (χ0) is 13.8. The van der Waals surface area contributed by atoms with Crippen molar-refractivity contribution in [2.45, 2.75) is 13.3 Å². The van der Waals surface area contributed by atoms with Gasteiger partial charge in [-0.3, -0.25) is 9.59 Å². The van der Waals surface area contributed by atoms with Crippen molar-refractivity contribution in [2.75, 3.05) is 6.54 Å². The fraction of sp³-hybridized carbons (Fsp3) is 0.286. The molecule has 0 saturated heterocycles. The van der Waals surface area contributed by atoms with Gasteiger partial charge >= 0.3 is 0 Å². The van der Waals surface area contributed by atoms with Crippen LogP contribution in [0.1, 0.15) is 23.7 Å². The van der Waals surface area contributed by atoms with E-state index in [1.807, 2.05) is 0 Å². The lowest BCUT2D eigenvalue weighted by Crippen LogP contribution is -2.29. The van der Waals surface area contributed by atoms with Crippen LogP contribution in [0.4, 0.5) is 0 Å². The van der Waals surface area contributed by atoms with Gasteiger partial charge in [-0.05, 0) is 24.6 Å². The molecule has 0 aliphatic carbocycles. The molecule has 3 N–H and O–H groups in total. The summed E-state index contributed by atoms with van der Waals surface area (Å²) in [7, 11) is 0. The molecule has 2 rings (SSSR count). The molecular formula is C14H16N2O3. The predicted molar refractivity (Wildman–Crippen MR) is 71.5 cm³/mol. The van der Waals surface area contributed by atoms with Gasteiger partial charge in [-0.15, -0.1) is 0 Å². The first-order valence-electron chi connectivity index (χ1n) is 6.13. The number of rotatable bonds is 5. The van der Waals surface area contributed by atoms with Gasteiger partial charge in [-0.2, -0.15) is 0 Å². The molecule has 0 fully saturated rings. The van der Waals surface area contributed by atoms with Crippen molar-refractivity contribution in [3.05, 3.63) is 36.1 Å². The van der Waals surface area contributed by atoms with Crippen LogP contribution in [0.5, 0.6) is 0 Å². The fourth-order valence-corrected chi connectivity index (χ4v) is 1.83. The third-order valence-electron chi connectivity index (χ3n) is 3.09. The summed E-state index contributed by atoms with van der Waals surface area (Å²) in [5, 5.41) is 3.56. The van der Waals surface area contributed by atoms with Gasteiger partial charge in [0.1, 0.15) is 5.58 Å². The SMILES string of the molecule is C[C@@H](CCNC(=O)c1cccc2occc12)C(N)=O. The molecule has 2 aromatic rings. The van der Waals surface area contributed by atoms with Crippen molar-refractivity contribution in [2.24, 2.45) is 11.7 Å². The molecular weight excluding hydrogens is 244 g/mol. The standard InChI is InChI=1S/C14H16N2O3/c1-9(13(15)17)5-7-16-14(18)11-3-2-4-12-10(11)6-8-19-12/h2-4,6,8-9H,5,7H2,1H3,(H2,15,17)(H,16,18)/t9-/m0/s1. The van der Waals surface area contributed by atoms with Crippen LogP contribution in [0.3, 0.4) is 0 Å². The van der Waals surface area contributed by atoms with E-state index < -0.39 is 0 Å². The number of hydrogen-bond acceptors (Lipinski definition) is 3. The number of amides is 2. The van der Waals surface area contributed by atoms with Gasteiger partial charge in [-0.25, -0.2) is 0 Å². The summed E-state index contributed by atoms with van der Waals surface area (Å²) in [5.41, 5.74) is 6.41. The summed E-state index contributed by atoms with van der Waals surface area (Å²) in [6.45, 7) is 2.16. The lowest BCUT2D eigenvalue weighted by Gasteiger charge is -2.09. The number of nitrogens with two attached hydrogens (primary N) is 1. The second kappa shape index (κ2) is 5.56. The molecule has 0 unspecified atom stereocenters. The van der Waals surface area contributed by atoms with E-state index in [1.54, 1.807) is 37.5 Å². The lowest BCUT2D eigenvalue weighted by atomic mass is 10.1. The minimum atomic E-state index is -0.355. The van der Waals surface area contributed by atoms with E-state index in [4.69, 9.17) is 10.2 Å². The van der Waals surface area contributed by atoms with Crippen LogP contribution in [0.25, 0.3) is 11.0 Å². The monoisotopic (exact) mass is 260 g/mol. The maximum atomic E-state index is 12.0. The van der Waals surface area contributed by atoms with Crippen molar-refractivity contribution in [3.8, 4) is 0 Å². The molecule has 2 amide bonds. The molecule has 0 saturated carbocycles. The molecule has 0 aliphatic heterocycles. The topological polar surface area (TPSA) is 85.3 Å². The first-order valence-corrected chi connectivity index (χ1v) is 6.13. The first-order chi connectivity index (χ1) is 9.09. The highest BCUT2D eigenvalue weighted by molar-refractivity contribution is 6.05. The van der Waals surface area contributed by atoms with Gasteiger partial charge in [-0.1, -0.05) is 13.0 Å². The van der Waals surface area contributed by atoms with Crippen LogP contribution in [-0.2, 0) is 4.79 Å². The summed E-state index contributed by atoms with van der Waals surface area (Å²) in [5.74, 6) is -0.778. The van der Waals surface area contributed by atoms with Crippen molar-refractivity contribution in [1.82, 2.24) is 5.32 Å². The van der Waals surface area contributed by atoms with Crippen molar-refractivity contribution in [1.29, 1.82) is 0 Å². The minimum absolute atomic E-state index is 0.177. The maximum Gasteiger partial charge on any atom is 0.252 e. The largest absolute Gasteiger partial charge is 0.464 e. The number of carbonyl (C=O) groups excluding carboxylic acids is 2. The van der Waals surface area contributed by atoms with Gasteiger partial charge in [0.25, 0.3) is 5.91 Å². The Hall–Kier alpha value is -2.30. The highest BCUT2D eigenvalue weighted by atomic mass is 16.3. The second-order valence-corrected chi connectivity index (χ2v) is 4.49. The summed E-state index contributed by atoms with van der Waals surface area (Å²) >= 11 is 0. The molecule has 19 heavy (non-hydrogen) atoms. The third-order valence-corrected chi connectivity index (χ3v) is 3.09. The summed E-state index contributed by atoms with van der Waals surface area (Å²) in [6, 6.07) is 7.08. The average Bonchev–Trinajstić information content (AvgIpc) is 2.86. The Bertz CT molecular complexity index is 604. The molecule has 1 atom stereocenters. The van der Waals surface area contributed by atoms with E-state index in [1.165, 1.54) is 0 Å². The van der Waals surface area contributed by atoms with Crippen molar-refractivity contribution < 1.29 is 14.0 Å². The zero-order valence-corrected chi connectivity index (χ0v) is 10.7. The fourth-order valence-electron chi connectivity index (χ4n) is 1.83. The Morgan fingerprint density at radius 1 is 1.37 bits per heavy atom. The van der Waals surface area contributed by atoms with Crippen LogP contribution in [0, 0.1) is 5.92 Å². The van der Waals surface area contributed by atoms with Gasteiger partial charge < -0.3 is 15.5 Å². The van der Waals surface area contributed by atoms with Crippen LogP contribution < -0.4 is 11.1 Å². The smallest absolute Gasteiger partial charge is 0.252 e. The van der Waals surface area contributed by atoms with E-state index in [-0.39, 0.29) is 17.7 Å². The van der Waals surface area contributed by atoms with Crippen molar-refractivity contribution in [3.63, 3.8) is 0 Å². The quantitative estimate of drug-likeness (QED) is 0.857. The maximum absolute atomic E-state index is 12.0. The lowest BCUT2D eigenvalue weighted by molar-refractivity contribution is -0.121. The number of benzene rings is 1. The Kier molecular flexibility index (Phi) is 3.85. The summed E-state index contributed by atoms with van der Waals surface area (Å²) in [4.78, 5) is 22.9. The van der Waals surface area contributed by atoms with E-state index >= 15 is 0 Å². The first kappa shape index (κ1) is 13.1. The normalized spacial score (nSPS) is 12.3. The summed E-state index contributed by atoms with van der Waals surface area (Å²) < 4.78 is 5.24. The van der Waals surface area contributed by atoms with E-state index in [0.717, 1.165) is 5.39 Å². The van der Waals surface area contributed by atoms with Gasteiger partial charge in [0, 0.05) is 17.8 Å². The third kappa shape index (κ3) is 2.93. The summed E-state index contributed by atoms with van der Waals surface area (Å²) in [6.07, 6.45) is 2.08. The number of fused-ring (bicyclic) bond motifs is 1. The van der Waals surface area contributed by atoms with Gasteiger partial charge in [0.05, 0.1) is 11.8 Å². The molecule has 0 spiro atoms. The molecule has 0 bridgehead atoms. The van der Waals surface area contributed by atoms with Gasteiger partial charge in [0.2, 0.25) is 5.91 Å². The van der Waals surface area contributed by atoms with Crippen LogP contribution in [0.2, 0.25) is 0 Å². The van der Waals surface area contributed by atoms with E-state index in [0.29, 0.717) is 24.1 Å². The number of nitrogens with one attached hydrogen (secondary N) is 1. The number of hydrogen-bond donors (Lipinski definition) is 2.